The zero-order valence-corrected chi connectivity index (χ0v) is 11.9. The summed E-state index contributed by atoms with van der Waals surface area (Å²) < 4.78 is 0. The summed E-state index contributed by atoms with van der Waals surface area (Å²) in [6.07, 6.45) is 2.13. The van der Waals surface area contributed by atoms with Gasteiger partial charge in [0, 0.05) is 19.1 Å². The van der Waals surface area contributed by atoms with Crippen LogP contribution in [0, 0.1) is 10.1 Å². The molecule has 19 heavy (non-hydrogen) atoms. The van der Waals surface area contributed by atoms with Crippen molar-refractivity contribution >= 4 is 23.4 Å². The van der Waals surface area contributed by atoms with Crippen molar-refractivity contribution in [3.63, 3.8) is 0 Å². The number of hydrogen-bond acceptors (Lipinski definition) is 4. The molecule has 0 aliphatic heterocycles. The number of benzene rings is 1. The van der Waals surface area contributed by atoms with Gasteiger partial charge in [-0.3, -0.25) is 14.9 Å². The molecule has 6 heteroatoms. The van der Waals surface area contributed by atoms with Crippen LogP contribution in [0.2, 0.25) is 0 Å². The Labute approximate surface area is 116 Å². The molecule has 0 saturated heterocycles. The predicted octanol–water partition coefficient (Wildman–Crippen LogP) is 3.26. The number of carbonyl (C=O) groups excluding carboxylic acids is 1. The van der Waals surface area contributed by atoms with E-state index in [1.807, 2.05) is 0 Å². The Morgan fingerprint density at radius 3 is 2.84 bits per heavy atom. The average Bonchev–Trinajstić information content (AvgIpc) is 2.37. The van der Waals surface area contributed by atoms with Crippen molar-refractivity contribution in [2.24, 2.45) is 0 Å². The lowest BCUT2D eigenvalue weighted by atomic mass is 10.2. The first-order chi connectivity index (χ1) is 9.04. The molecular weight excluding hydrogens is 264 g/mol. The molecule has 1 unspecified atom stereocenters. The van der Waals surface area contributed by atoms with Gasteiger partial charge in [-0.25, -0.2) is 0 Å². The van der Waals surface area contributed by atoms with Crippen LogP contribution in [0.15, 0.2) is 24.3 Å². The van der Waals surface area contributed by atoms with Gasteiger partial charge in [0.15, 0.2) is 0 Å². The van der Waals surface area contributed by atoms with Crippen LogP contribution >= 0.6 is 11.8 Å². The summed E-state index contributed by atoms with van der Waals surface area (Å²) >= 11 is 1.59. The highest BCUT2D eigenvalue weighted by Crippen LogP contribution is 2.29. The molecule has 1 aromatic carbocycles. The molecule has 104 valence electrons. The maximum atomic E-state index is 11.2. The van der Waals surface area contributed by atoms with Crippen LogP contribution in [-0.4, -0.2) is 16.6 Å². The SMILES string of the molecule is CCCCSC(NC(C)=O)c1cccc([N+](=O)[O-])c1. The van der Waals surface area contributed by atoms with Crippen LogP contribution in [0.1, 0.15) is 37.6 Å². The topological polar surface area (TPSA) is 72.2 Å². The predicted molar refractivity (Wildman–Crippen MR) is 77.0 cm³/mol. The van der Waals surface area contributed by atoms with Crippen molar-refractivity contribution in [2.45, 2.75) is 32.1 Å². The van der Waals surface area contributed by atoms with Gasteiger partial charge < -0.3 is 5.32 Å². The summed E-state index contributed by atoms with van der Waals surface area (Å²) in [7, 11) is 0. The number of non-ortho nitro benzene ring substituents is 1. The van der Waals surface area contributed by atoms with Gasteiger partial charge in [-0.05, 0) is 17.7 Å². The van der Waals surface area contributed by atoms with Crippen LogP contribution in [0.5, 0.6) is 0 Å². The van der Waals surface area contributed by atoms with Crippen LogP contribution in [0.3, 0.4) is 0 Å². The summed E-state index contributed by atoms with van der Waals surface area (Å²) in [5.41, 5.74) is 0.800. The van der Waals surface area contributed by atoms with Crippen molar-refractivity contribution in [1.82, 2.24) is 5.32 Å². The van der Waals surface area contributed by atoms with E-state index in [1.165, 1.54) is 19.1 Å². The molecule has 5 nitrogen and oxygen atoms in total. The molecule has 1 N–H and O–H groups in total. The van der Waals surface area contributed by atoms with Crippen molar-refractivity contribution in [3.8, 4) is 0 Å². The lowest BCUT2D eigenvalue weighted by molar-refractivity contribution is -0.384. The van der Waals surface area contributed by atoms with Crippen LogP contribution < -0.4 is 5.32 Å². The smallest absolute Gasteiger partial charge is 0.269 e. The monoisotopic (exact) mass is 282 g/mol. The molecule has 0 heterocycles. The Kier molecular flexibility index (Phi) is 6.35. The summed E-state index contributed by atoms with van der Waals surface area (Å²) in [5, 5.41) is 13.4. The van der Waals surface area contributed by atoms with E-state index < -0.39 is 4.92 Å². The summed E-state index contributed by atoms with van der Waals surface area (Å²) in [5.74, 6) is 0.768. The number of thioether (sulfide) groups is 1. The zero-order valence-electron chi connectivity index (χ0n) is 11.1. The maximum absolute atomic E-state index is 11.2. The van der Waals surface area contributed by atoms with E-state index in [2.05, 4.69) is 12.2 Å². The van der Waals surface area contributed by atoms with Crippen LogP contribution in [0.4, 0.5) is 5.69 Å². The molecule has 0 aliphatic carbocycles. The van der Waals surface area contributed by atoms with Crippen molar-refractivity contribution in [3.05, 3.63) is 39.9 Å². The molecule has 0 spiro atoms. The molecule has 1 amide bonds. The summed E-state index contributed by atoms with van der Waals surface area (Å²) in [4.78, 5) is 21.6. The number of nitrogens with one attached hydrogen (secondary N) is 1. The average molecular weight is 282 g/mol. The van der Waals surface area contributed by atoms with E-state index in [1.54, 1.807) is 23.9 Å². The highest BCUT2D eigenvalue weighted by atomic mass is 32.2. The quantitative estimate of drug-likeness (QED) is 0.360. The fourth-order valence-corrected chi connectivity index (χ4v) is 2.83. The first-order valence-corrected chi connectivity index (χ1v) is 7.22. The van der Waals surface area contributed by atoms with Crippen molar-refractivity contribution in [1.29, 1.82) is 0 Å². The second-order valence-electron chi connectivity index (χ2n) is 4.16. The van der Waals surface area contributed by atoms with Crippen LogP contribution in [-0.2, 0) is 4.79 Å². The number of hydrogen-bond donors (Lipinski definition) is 1. The fraction of sp³-hybridized carbons (Fsp3) is 0.462. The Balaban J connectivity index is 2.86. The number of amides is 1. The number of carbonyl (C=O) groups is 1. The molecule has 0 bridgehead atoms. The minimum atomic E-state index is -0.426. The molecular formula is C13H18N2O3S. The highest BCUT2D eigenvalue weighted by Gasteiger charge is 2.16. The Morgan fingerprint density at radius 1 is 1.53 bits per heavy atom. The Hall–Kier alpha value is -1.56. The molecule has 1 rings (SSSR count). The molecule has 0 aliphatic rings. The van der Waals surface area contributed by atoms with Gasteiger partial charge in [0.2, 0.25) is 5.91 Å². The molecule has 1 aromatic rings. The number of nitro groups is 1. The number of nitrogens with zero attached hydrogens (tertiary/aromatic N) is 1. The number of unbranched alkanes of at least 4 members (excludes halogenated alkanes) is 1. The second-order valence-corrected chi connectivity index (χ2v) is 5.37. The fourth-order valence-electron chi connectivity index (χ4n) is 1.55. The largest absolute Gasteiger partial charge is 0.340 e. The van der Waals surface area contributed by atoms with E-state index in [0.717, 1.165) is 24.2 Å². The third-order valence-electron chi connectivity index (χ3n) is 2.50. The second kappa shape index (κ2) is 7.78. The lowest BCUT2D eigenvalue weighted by Crippen LogP contribution is -2.24. The Bertz CT molecular complexity index is 451. The van der Waals surface area contributed by atoms with Gasteiger partial charge in [0.05, 0.1) is 4.92 Å². The maximum Gasteiger partial charge on any atom is 0.269 e. The third-order valence-corrected chi connectivity index (χ3v) is 3.75. The van der Waals surface area contributed by atoms with Gasteiger partial charge >= 0.3 is 0 Å². The minimum Gasteiger partial charge on any atom is -0.340 e. The van der Waals surface area contributed by atoms with Gasteiger partial charge in [-0.15, -0.1) is 11.8 Å². The standard InChI is InChI=1S/C13H18N2O3S/c1-3-4-8-19-13(14-10(2)16)11-6-5-7-12(9-11)15(17)18/h5-7,9,13H,3-4,8H2,1-2H3,(H,14,16). The molecule has 0 aromatic heterocycles. The van der Waals surface area contributed by atoms with E-state index in [0.29, 0.717) is 0 Å². The van der Waals surface area contributed by atoms with E-state index in [-0.39, 0.29) is 17.0 Å². The van der Waals surface area contributed by atoms with Crippen LogP contribution in [0.25, 0.3) is 0 Å². The van der Waals surface area contributed by atoms with Gasteiger partial charge in [-0.2, -0.15) is 0 Å². The molecule has 1 atom stereocenters. The Morgan fingerprint density at radius 2 is 2.26 bits per heavy atom. The zero-order chi connectivity index (χ0) is 14.3. The van der Waals surface area contributed by atoms with E-state index in [9.17, 15) is 14.9 Å². The normalized spacial score (nSPS) is 11.9. The third kappa shape index (κ3) is 5.30. The molecule has 0 radical (unpaired) electrons. The van der Waals surface area contributed by atoms with Gasteiger partial charge in [-0.1, -0.05) is 25.5 Å². The first kappa shape index (κ1) is 15.5. The van der Waals surface area contributed by atoms with E-state index >= 15 is 0 Å². The molecule has 0 fully saturated rings. The minimum absolute atomic E-state index is 0.0453. The lowest BCUT2D eigenvalue weighted by Gasteiger charge is -2.17. The summed E-state index contributed by atoms with van der Waals surface area (Å²) in [6, 6.07) is 6.40. The molecule has 0 saturated carbocycles. The van der Waals surface area contributed by atoms with Gasteiger partial charge in [0.1, 0.15) is 5.37 Å². The van der Waals surface area contributed by atoms with Crippen molar-refractivity contribution < 1.29 is 9.72 Å². The highest BCUT2D eigenvalue weighted by molar-refractivity contribution is 7.99. The van der Waals surface area contributed by atoms with Gasteiger partial charge in [0.25, 0.3) is 5.69 Å². The first-order valence-electron chi connectivity index (χ1n) is 6.17. The van der Waals surface area contributed by atoms with E-state index in [4.69, 9.17) is 0 Å². The number of rotatable bonds is 7. The summed E-state index contributed by atoms with van der Waals surface area (Å²) in [6.45, 7) is 3.55. The van der Waals surface area contributed by atoms with Crippen molar-refractivity contribution in [2.75, 3.05) is 5.75 Å². The number of nitro benzene ring substituents is 1.